The molecular weight excluding hydrogens is 344 g/mol. The zero-order valence-corrected chi connectivity index (χ0v) is 14.3. The quantitative estimate of drug-likeness (QED) is 0.490. The second kappa shape index (κ2) is 7.86. The number of carbonyl (C=O) groups is 2. The molecule has 2 atom stereocenters. The van der Waals surface area contributed by atoms with E-state index in [1.807, 2.05) is 4.90 Å². The molecular formula is C16H18ClNO4S. The normalized spacial score (nSPS) is 21.9. The number of rotatable bonds is 4. The van der Waals surface area contributed by atoms with Crippen molar-refractivity contribution in [2.45, 2.75) is 17.7 Å². The van der Waals surface area contributed by atoms with Crippen LogP contribution in [0.3, 0.4) is 0 Å². The molecule has 5 nitrogen and oxygen atoms in total. The van der Waals surface area contributed by atoms with Gasteiger partial charge in [0.2, 0.25) is 0 Å². The van der Waals surface area contributed by atoms with Crippen LogP contribution < -0.4 is 0 Å². The van der Waals surface area contributed by atoms with Gasteiger partial charge >= 0.3 is 11.9 Å². The molecule has 0 radical (unpaired) electrons. The van der Waals surface area contributed by atoms with Crippen molar-refractivity contribution >= 4 is 36.2 Å². The van der Waals surface area contributed by atoms with Gasteiger partial charge < -0.3 is 9.84 Å². The number of esters is 1. The predicted octanol–water partition coefficient (Wildman–Crippen LogP) is 2.57. The van der Waals surface area contributed by atoms with Crippen LogP contribution in [-0.4, -0.2) is 47.4 Å². The zero-order valence-electron chi connectivity index (χ0n) is 12.6. The summed E-state index contributed by atoms with van der Waals surface area (Å²) in [5, 5.41) is 9.32. The topological polar surface area (TPSA) is 66.8 Å². The molecule has 0 bridgehead atoms. The Morgan fingerprint density at radius 2 is 2.17 bits per heavy atom. The molecule has 1 aliphatic rings. The molecule has 2 unspecified atom stereocenters. The molecule has 0 aliphatic carbocycles. The van der Waals surface area contributed by atoms with E-state index in [1.165, 1.54) is 7.11 Å². The molecule has 124 valence electrons. The van der Waals surface area contributed by atoms with Gasteiger partial charge in [-0.25, -0.2) is 9.59 Å². The van der Waals surface area contributed by atoms with Gasteiger partial charge in [0, 0.05) is 29.4 Å². The number of carboxylic acid groups (broad SMARTS) is 1. The van der Waals surface area contributed by atoms with Crippen LogP contribution in [0, 0.1) is 0 Å². The second-order valence-corrected chi connectivity index (χ2v) is 6.31. The van der Waals surface area contributed by atoms with Crippen molar-refractivity contribution in [2.24, 2.45) is 0 Å². The van der Waals surface area contributed by atoms with Gasteiger partial charge in [-0.1, -0.05) is 29.8 Å². The highest BCUT2D eigenvalue weighted by atomic mass is 35.5. The lowest BCUT2D eigenvalue weighted by molar-refractivity contribution is -0.147. The molecule has 0 spiro atoms. The van der Waals surface area contributed by atoms with Crippen molar-refractivity contribution in [1.82, 2.24) is 4.90 Å². The molecule has 2 rings (SSSR count). The Kier molecular flexibility index (Phi) is 6.10. The SMILES string of the molecule is COC(=O)C([13c]1[13cH][13cH][13cH][13cH][13c]1Cl)N1CCC(S)/C(=C/C(=O)O)C1. The summed E-state index contributed by atoms with van der Waals surface area (Å²) in [5.41, 5.74) is 1.31. The number of aliphatic carboxylic acids is 1. The van der Waals surface area contributed by atoms with E-state index in [0.29, 0.717) is 35.7 Å². The number of halogens is 1. The highest BCUT2D eigenvalue weighted by molar-refractivity contribution is 7.81. The van der Waals surface area contributed by atoms with E-state index in [0.717, 1.165) is 6.08 Å². The number of hydrogen-bond acceptors (Lipinski definition) is 5. The van der Waals surface area contributed by atoms with Gasteiger partial charge in [-0.15, -0.1) is 0 Å². The number of carbonyl (C=O) groups excluding carboxylic acids is 1. The van der Waals surface area contributed by atoms with Crippen LogP contribution in [0.15, 0.2) is 35.9 Å². The minimum atomic E-state index is -1.02. The number of benzene rings is 1. The summed E-state index contributed by atoms with van der Waals surface area (Å²) >= 11 is 10.7. The Morgan fingerprint density at radius 3 is 2.78 bits per heavy atom. The van der Waals surface area contributed by atoms with Gasteiger partial charge in [-0.05, 0) is 23.6 Å². The van der Waals surface area contributed by atoms with Crippen LogP contribution in [0.4, 0.5) is 0 Å². The number of hydrogen-bond donors (Lipinski definition) is 2. The monoisotopic (exact) mass is 361 g/mol. The first-order valence-electron chi connectivity index (χ1n) is 7.11. The third kappa shape index (κ3) is 4.28. The largest absolute Gasteiger partial charge is 0.478 e. The number of carboxylic acids is 1. The maximum absolute atomic E-state index is 12.3. The van der Waals surface area contributed by atoms with E-state index in [2.05, 4.69) is 12.6 Å². The lowest BCUT2D eigenvalue weighted by Gasteiger charge is -2.36. The third-order valence-corrected chi connectivity index (χ3v) is 4.74. The molecule has 1 aromatic carbocycles. The Hall–Kier alpha value is -1.50. The highest BCUT2D eigenvalue weighted by Gasteiger charge is 2.34. The van der Waals surface area contributed by atoms with Crippen molar-refractivity contribution < 1.29 is 19.4 Å². The predicted molar refractivity (Wildman–Crippen MR) is 90.9 cm³/mol. The fourth-order valence-corrected chi connectivity index (χ4v) is 3.21. The standard InChI is InChI=1S/C16H18ClNO4S/c1-22-16(21)15(11-4-2-3-5-12(11)17)18-7-6-13(23)10(9-18)8-14(19)20/h2-5,8,13,15,23H,6-7,9H2,1H3,(H,19,20)/b10-8+/i2+1,3+1,4+1,5+1,11+1,12+1. The summed E-state index contributed by atoms with van der Waals surface area (Å²) in [6.07, 6.45) is 1.80. The Balaban J connectivity index is 2.35. The molecule has 1 heterocycles. The van der Waals surface area contributed by atoms with Crippen molar-refractivity contribution in [2.75, 3.05) is 20.2 Å². The molecule has 1 aromatic rings. The second-order valence-electron chi connectivity index (χ2n) is 5.28. The van der Waals surface area contributed by atoms with E-state index < -0.39 is 18.0 Å². The van der Waals surface area contributed by atoms with E-state index in [1.54, 1.807) is 24.3 Å². The van der Waals surface area contributed by atoms with Gasteiger partial charge in [-0.3, -0.25) is 4.90 Å². The van der Waals surface area contributed by atoms with E-state index >= 15 is 0 Å². The molecule has 7 heteroatoms. The Bertz CT molecular complexity index is 634. The van der Waals surface area contributed by atoms with Gasteiger partial charge in [-0.2, -0.15) is 12.6 Å². The lowest BCUT2D eigenvalue weighted by Crippen LogP contribution is -2.42. The zero-order chi connectivity index (χ0) is 17.0. The van der Waals surface area contributed by atoms with E-state index in [9.17, 15) is 9.59 Å². The van der Waals surface area contributed by atoms with Crippen molar-refractivity contribution in [3.05, 3.63) is 46.5 Å². The number of nitrogens with zero attached hydrogens (tertiary/aromatic N) is 1. The molecule has 1 fully saturated rings. The summed E-state index contributed by atoms with van der Waals surface area (Å²) < 4.78 is 4.92. The summed E-state index contributed by atoms with van der Waals surface area (Å²) in [6.45, 7) is 0.918. The molecule has 0 amide bonds. The average Bonchev–Trinajstić information content (AvgIpc) is 2.51. The number of piperidine rings is 1. The average molecular weight is 362 g/mol. The van der Waals surface area contributed by atoms with Gasteiger partial charge in [0.25, 0.3) is 0 Å². The Labute approximate surface area is 145 Å². The minimum absolute atomic E-state index is 0.133. The molecule has 1 N–H and O–H groups in total. The third-order valence-electron chi connectivity index (χ3n) is 3.80. The maximum Gasteiger partial charge on any atom is 0.328 e. The molecule has 1 aliphatic heterocycles. The van der Waals surface area contributed by atoms with Gasteiger partial charge in [0.05, 0.1) is 7.11 Å². The summed E-state index contributed by atoms with van der Waals surface area (Å²) in [7, 11) is 1.32. The van der Waals surface area contributed by atoms with Gasteiger partial charge in [0.1, 0.15) is 6.04 Å². The first-order valence-corrected chi connectivity index (χ1v) is 8.01. The van der Waals surface area contributed by atoms with Crippen LogP contribution >= 0.6 is 24.2 Å². The molecule has 1 saturated heterocycles. The smallest absolute Gasteiger partial charge is 0.328 e. The van der Waals surface area contributed by atoms with Crippen LogP contribution in [0.2, 0.25) is 5.02 Å². The first kappa shape index (κ1) is 17.8. The van der Waals surface area contributed by atoms with Crippen LogP contribution in [0.25, 0.3) is 0 Å². The highest BCUT2D eigenvalue weighted by Crippen LogP contribution is 2.33. The van der Waals surface area contributed by atoms with E-state index in [4.69, 9.17) is 21.4 Å². The molecule has 0 saturated carbocycles. The molecule has 23 heavy (non-hydrogen) atoms. The summed E-state index contributed by atoms with van der Waals surface area (Å²) in [6, 6.07) is 6.40. The number of thiol groups is 1. The lowest BCUT2D eigenvalue weighted by atomic mass is 10.0. The van der Waals surface area contributed by atoms with Crippen LogP contribution in [0.1, 0.15) is 18.0 Å². The number of ether oxygens (including phenoxy) is 1. The first-order chi connectivity index (χ1) is 10.9. The minimum Gasteiger partial charge on any atom is -0.478 e. The number of methoxy groups -OCH3 is 1. The molecule has 0 aromatic heterocycles. The van der Waals surface area contributed by atoms with Gasteiger partial charge in [0.15, 0.2) is 0 Å². The van der Waals surface area contributed by atoms with Crippen molar-refractivity contribution in [3.63, 3.8) is 0 Å². The van der Waals surface area contributed by atoms with Crippen molar-refractivity contribution in [3.8, 4) is 0 Å². The Morgan fingerprint density at radius 1 is 1.48 bits per heavy atom. The van der Waals surface area contributed by atoms with Crippen LogP contribution in [0.5, 0.6) is 0 Å². The van der Waals surface area contributed by atoms with E-state index in [-0.39, 0.29) is 5.25 Å². The summed E-state index contributed by atoms with van der Waals surface area (Å²) in [5.74, 6) is -1.45. The van der Waals surface area contributed by atoms with Crippen LogP contribution in [-0.2, 0) is 14.3 Å². The van der Waals surface area contributed by atoms with Crippen molar-refractivity contribution in [1.29, 1.82) is 0 Å². The fraction of sp³-hybridized carbons (Fsp3) is 0.375. The maximum atomic E-state index is 12.3. The fourth-order valence-electron chi connectivity index (χ4n) is 2.69. The number of likely N-dealkylation sites (tertiary alicyclic amines) is 1. The summed E-state index contributed by atoms with van der Waals surface area (Å²) in [4.78, 5) is 25.1.